The lowest BCUT2D eigenvalue weighted by molar-refractivity contribution is -0.385. The van der Waals surface area contributed by atoms with E-state index in [1.54, 1.807) is 25.1 Å². The number of nitrogens with one attached hydrogen (secondary N) is 2. The smallest absolute Gasteiger partial charge is 0.271 e. The van der Waals surface area contributed by atoms with Crippen LogP contribution in [-0.2, 0) is 20.0 Å². The number of nitro benzene ring substituents is 1. The minimum atomic E-state index is -4.24. The number of hydrogen-bond acceptors (Lipinski definition) is 7. The Morgan fingerprint density at radius 2 is 1.58 bits per heavy atom. The van der Waals surface area contributed by atoms with Gasteiger partial charge in [-0.2, -0.15) is 0 Å². The van der Waals surface area contributed by atoms with E-state index in [4.69, 9.17) is 4.74 Å². The minimum Gasteiger partial charge on any atom is -0.495 e. The average Bonchev–Trinajstić information content (AvgIpc) is 2.75. The van der Waals surface area contributed by atoms with Crippen LogP contribution in [-0.4, -0.2) is 28.9 Å². The number of sulfonamides is 2. The second-order valence-electron chi connectivity index (χ2n) is 7.08. The van der Waals surface area contributed by atoms with Crippen LogP contribution in [0.15, 0.2) is 70.5 Å². The van der Waals surface area contributed by atoms with Gasteiger partial charge < -0.3 is 4.74 Å². The Kier molecular flexibility index (Phi) is 6.60. The molecule has 0 unspecified atom stereocenters. The van der Waals surface area contributed by atoms with Crippen molar-refractivity contribution >= 4 is 37.1 Å². The van der Waals surface area contributed by atoms with Crippen LogP contribution in [0.3, 0.4) is 0 Å². The molecule has 0 aliphatic heterocycles. The van der Waals surface area contributed by atoms with Crippen molar-refractivity contribution in [1.29, 1.82) is 0 Å². The van der Waals surface area contributed by atoms with Crippen LogP contribution in [0.4, 0.5) is 17.1 Å². The van der Waals surface area contributed by atoms with Crippen molar-refractivity contribution in [2.75, 3.05) is 16.6 Å². The molecule has 0 aromatic heterocycles. The van der Waals surface area contributed by atoms with Gasteiger partial charge in [-0.15, -0.1) is 0 Å². The van der Waals surface area contributed by atoms with E-state index in [0.717, 1.165) is 12.1 Å². The molecule has 0 aliphatic rings. The summed E-state index contributed by atoms with van der Waals surface area (Å²) in [7, 11) is -6.92. The van der Waals surface area contributed by atoms with E-state index in [1.807, 2.05) is 0 Å². The zero-order valence-corrected chi connectivity index (χ0v) is 19.5. The summed E-state index contributed by atoms with van der Waals surface area (Å²) in [6.07, 6.45) is 0. The number of non-ortho nitro benzene ring substituents is 1. The fourth-order valence-electron chi connectivity index (χ4n) is 3.06. The summed E-state index contributed by atoms with van der Waals surface area (Å²) < 4.78 is 61.5. The highest BCUT2D eigenvalue weighted by Gasteiger charge is 2.24. The first-order chi connectivity index (χ1) is 15.4. The summed E-state index contributed by atoms with van der Waals surface area (Å²) in [5.74, 6) is 0.314. The molecule has 0 radical (unpaired) electrons. The first-order valence-electron chi connectivity index (χ1n) is 9.49. The summed E-state index contributed by atoms with van der Waals surface area (Å²) in [6.45, 7) is 3.10. The highest BCUT2D eigenvalue weighted by molar-refractivity contribution is 7.93. The summed E-state index contributed by atoms with van der Waals surface area (Å²) in [5.41, 5.74) is 0.600. The number of hydrogen-bond donors (Lipinski definition) is 2. The lowest BCUT2D eigenvalue weighted by Gasteiger charge is -2.14. The van der Waals surface area contributed by atoms with E-state index >= 15 is 0 Å². The number of benzene rings is 3. The van der Waals surface area contributed by atoms with Crippen molar-refractivity contribution in [2.24, 2.45) is 0 Å². The Morgan fingerprint density at radius 3 is 2.24 bits per heavy atom. The van der Waals surface area contributed by atoms with Gasteiger partial charge in [-0.3, -0.25) is 19.6 Å². The molecule has 0 amide bonds. The topological polar surface area (TPSA) is 145 Å². The zero-order valence-electron chi connectivity index (χ0n) is 17.9. The van der Waals surface area contributed by atoms with Gasteiger partial charge in [-0.05, 0) is 55.3 Å². The van der Waals surface area contributed by atoms with Gasteiger partial charge in [0.05, 0.1) is 33.2 Å². The normalized spacial score (nSPS) is 11.6. The molecule has 0 heterocycles. The van der Waals surface area contributed by atoms with E-state index < -0.39 is 25.0 Å². The van der Waals surface area contributed by atoms with Crippen molar-refractivity contribution in [3.63, 3.8) is 0 Å². The Bertz CT molecular complexity index is 1440. The third-order valence-electron chi connectivity index (χ3n) is 4.85. The first-order valence-corrected chi connectivity index (χ1v) is 12.5. The summed E-state index contributed by atoms with van der Waals surface area (Å²) >= 11 is 0. The molecule has 2 N–H and O–H groups in total. The van der Waals surface area contributed by atoms with E-state index in [-0.39, 0.29) is 26.9 Å². The number of nitro groups is 1. The number of nitrogens with zero attached hydrogens (tertiary/aromatic N) is 1. The highest BCUT2D eigenvalue weighted by Crippen LogP contribution is 2.29. The van der Waals surface area contributed by atoms with Crippen molar-refractivity contribution < 1.29 is 26.5 Å². The number of anilines is 2. The van der Waals surface area contributed by atoms with E-state index in [9.17, 15) is 26.9 Å². The summed E-state index contributed by atoms with van der Waals surface area (Å²) in [4.78, 5) is 10.0. The van der Waals surface area contributed by atoms with E-state index in [2.05, 4.69) is 9.44 Å². The maximum Gasteiger partial charge on any atom is 0.271 e. The van der Waals surface area contributed by atoms with Crippen LogP contribution >= 0.6 is 0 Å². The van der Waals surface area contributed by atoms with Crippen LogP contribution < -0.4 is 14.2 Å². The van der Waals surface area contributed by atoms with Gasteiger partial charge in [0, 0.05) is 12.1 Å². The summed E-state index contributed by atoms with van der Waals surface area (Å²) in [5, 5.41) is 11.2. The predicted molar refractivity (Wildman–Crippen MR) is 124 cm³/mol. The van der Waals surface area contributed by atoms with Crippen LogP contribution in [0.25, 0.3) is 0 Å². The van der Waals surface area contributed by atoms with Crippen LogP contribution in [0.1, 0.15) is 11.1 Å². The van der Waals surface area contributed by atoms with Gasteiger partial charge in [0.2, 0.25) is 0 Å². The fourth-order valence-corrected chi connectivity index (χ4v) is 5.57. The minimum absolute atomic E-state index is 0.0264. The second-order valence-corrected chi connectivity index (χ2v) is 10.4. The van der Waals surface area contributed by atoms with Gasteiger partial charge >= 0.3 is 0 Å². The van der Waals surface area contributed by atoms with Crippen molar-refractivity contribution in [1.82, 2.24) is 0 Å². The van der Waals surface area contributed by atoms with Gasteiger partial charge in [0.15, 0.2) is 0 Å². The lowest BCUT2D eigenvalue weighted by atomic mass is 10.1. The third kappa shape index (κ3) is 5.23. The largest absolute Gasteiger partial charge is 0.495 e. The molecule has 0 bridgehead atoms. The first kappa shape index (κ1) is 24.0. The molecule has 12 heteroatoms. The molecule has 174 valence electrons. The van der Waals surface area contributed by atoms with Crippen LogP contribution in [0.5, 0.6) is 5.75 Å². The average molecular weight is 492 g/mol. The van der Waals surface area contributed by atoms with Gasteiger partial charge in [-0.1, -0.05) is 18.2 Å². The number of para-hydroxylation sites is 2. The maximum atomic E-state index is 13.0. The van der Waals surface area contributed by atoms with Gasteiger partial charge in [0.1, 0.15) is 5.75 Å². The summed E-state index contributed by atoms with van der Waals surface area (Å²) in [6, 6.07) is 13.9. The third-order valence-corrected chi connectivity index (χ3v) is 7.72. The molecule has 10 nitrogen and oxygen atoms in total. The van der Waals surface area contributed by atoms with Gasteiger partial charge in [0.25, 0.3) is 25.7 Å². The zero-order chi connectivity index (χ0) is 24.4. The van der Waals surface area contributed by atoms with Crippen molar-refractivity contribution in [2.45, 2.75) is 23.6 Å². The molecule has 3 aromatic carbocycles. The maximum absolute atomic E-state index is 13.0. The molecule has 0 saturated carbocycles. The molecule has 0 fully saturated rings. The molecule has 0 spiro atoms. The molecular formula is C21H21N3O7S2. The molecule has 33 heavy (non-hydrogen) atoms. The number of rotatable bonds is 8. The Morgan fingerprint density at radius 1 is 0.879 bits per heavy atom. The molecule has 0 saturated heterocycles. The second kappa shape index (κ2) is 9.08. The van der Waals surface area contributed by atoms with Crippen molar-refractivity contribution in [3.8, 4) is 5.75 Å². The number of methoxy groups -OCH3 is 1. The molecule has 0 aliphatic carbocycles. The monoisotopic (exact) mass is 491 g/mol. The predicted octanol–water partition coefficient (Wildman–Crippen LogP) is 3.82. The molecule has 0 atom stereocenters. The van der Waals surface area contributed by atoms with E-state index in [0.29, 0.717) is 16.9 Å². The lowest BCUT2D eigenvalue weighted by Crippen LogP contribution is -2.17. The van der Waals surface area contributed by atoms with Crippen LogP contribution in [0.2, 0.25) is 0 Å². The highest BCUT2D eigenvalue weighted by atomic mass is 32.2. The fraction of sp³-hybridized carbons (Fsp3) is 0.143. The Labute approximate surface area is 191 Å². The number of ether oxygens (including phenoxy) is 1. The molecule has 3 rings (SSSR count). The number of aryl methyl sites for hydroxylation is 1. The van der Waals surface area contributed by atoms with E-state index in [1.165, 1.54) is 44.4 Å². The Hall–Kier alpha value is -3.64. The molecule has 3 aromatic rings. The SMILES string of the molecule is COc1ccccc1NS(=O)(=O)c1cccc(NS(=O)(=O)c2cc([N+](=O)[O-])cc(C)c2C)c1. The van der Waals surface area contributed by atoms with Crippen molar-refractivity contribution in [3.05, 3.63) is 81.9 Å². The quantitative estimate of drug-likeness (QED) is 0.360. The Balaban J connectivity index is 1.95. The van der Waals surface area contributed by atoms with Crippen LogP contribution in [0, 0.1) is 24.0 Å². The van der Waals surface area contributed by atoms with Gasteiger partial charge in [-0.25, -0.2) is 16.8 Å². The molecular weight excluding hydrogens is 470 g/mol. The standard InChI is InChI=1S/C21H21N3O7S2/c1-14-11-17(24(25)26)13-21(15(14)2)33(29,30)22-16-7-6-8-18(12-16)32(27,28)23-19-9-4-5-10-20(19)31-3/h4-13,22-23H,1-3H3.